The molecular weight excluding hydrogens is 600 g/mol. The van der Waals surface area contributed by atoms with Crippen molar-refractivity contribution in [1.82, 2.24) is 0 Å². The highest BCUT2D eigenvalue weighted by Crippen LogP contribution is 2.42. The first kappa shape index (κ1) is 35.6. The van der Waals surface area contributed by atoms with Gasteiger partial charge in [0.2, 0.25) is 5.78 Å². The van der Waals surface area contributed by atoms with Crippen LogP contribution in [0.25, 0.3) is 0 Å². The average Bonchev–Trinajstić information content (AvgIpc) is 3.06. The van der Waals surface area contributed by atoms with Crippen LogP contribution in [0, 0.1) is 5.92 Å². The zero-order valence-corrected chi connectivity index (χ0v) is 28.1. The van der Waals surface area contributed by atoms with Gasteiger partial charge in [-0.2, -0.15) is 0 Å². The summed E-state index contributed by atoms with van der Waals surface area (Å²) in [4.78, 5) is 51.6. The number of allylic oxidation sites excluding steroid dienone is 2. The zero-order valence-electron chi connectivity index (χ0n) is 27.3. The second-order valence-electron chi connectivity index (χ2n) is 12.7. The Kier molecular flexibility index (Phi) is 14.5. The highest BCUT2D eigenvalue weighted by molar-refractivity contribution is 6.30. The molecule has 6 nitrogen and oxygen atoms in total. The maximum atomic E-state index is 13.7. The van der Waals surface area contributed by atoms with Gasteiger partial charge in [-0.25, -0.2) is 0 Å². The van der Waals surface area contributed by atoms with Crippen molar-refractivity contribution in [1.29, 1.82) is 0 Å². The smallest absolute Gasteiger partial charge is 0.311 e. The molecule has 0 spiro atoms. The van der Waals surface area contributed by atoms with Crippen LogP contribution in [0.3, 0.4) is 0 Å². The molecule has 2 aliphatic carbocycles. The van der Waals surface area contributed by atoms with Gasteiger partial charge in [0.05, 0.1) is 12.2 Å². The van der Waals surface area contributed by atoms with E-state index < -0.39 is 5.97 Å². The van der Waals surface area contributed by atoms with Crippen molar-refractivity contribution in [2.75, 3.05) is 6.61 Å². The molecular formula is C39H49ClO6. The molecule has 0 saturated heterocycles. The number of benzene rings is 2. The summed E-state index contributed by atoms with van der Waals surface area (Å²) in [5.74, 6) is -0.890. The number of ketones is 2. The third kappa shape index (κ3) is 10.4. The summed E-state index contributed by atoms with van der Waals surface area (Å²) in [7, 11) is 0. The maximum absolute atomic E-state index is 13.7. The molecule has 0 atom stereocenters. The monoisotopic (exact) mass is 648 g/mol. The minimum Gasteiger partial charge on any atom is -0.466 e. The molecule has 1 fully saturated rings. The van der Waals surface area contributed by atoms with E-state index in [1.807, 2.05) is 19.1 Å². The van der Waals surface area contributed by atoms with Crippen LogP contribution in [-0.4, -0.2) is 30.1 Å². The predicted molar refractivity (Wildman–Crippen MR) is 181 cm³/mol. The number of rotatable bonds is 18. The summed E-state index contributed by atoms with van der Waals surface area (Å²) < 4.78 is 10.7. The van der Waals surface area contributed by atoms with E-state index in [9.17, 15) is 19.2 Å². The quantitative estimate of drug-likeness (QED) is 0.118. The molecule has 4 rings (SSSR count). The Balaban J connectivity index is 1.20. The van der Waals surface area contributed by atoms with Gasteiger partial charge in [0.1, 0.15) is 0 Å². The van der Waals surface area contributed by atoms with Crippen molar-refractivity contribution < 1.29 is 28.7 Å². The SMILES string of the molecule is CCOC(=O)CCCCCCCCCCCCCC(=O)OC1=C(C2CCC(c3ccc(Cl)cc3)CC2)C(=O)c2ccccc2C1=O. The summed E-state index contributed by atoms with van der Waals surface area (Å²) in [6.07, 6.45) is 15.8. The van der Waals surface area contributed by atoms with E-state index in [0.29, 0.717) is 47.1 Å². The Bertz CT molecular complexity index is 1350. The number of fused-ring (bicyclic) bond motifs is 1. The lowest BCUT2D eigenvalue weighted by molar-refractivity contribution is -0.143. The van der Waals surface area contributed by atoms with Gasteiger partial charge in [0, 0.05) is 29.0 Å². The fourth-order valence-corrected chi connectivity index (χ4v) is 6.95. The lowest BCUT2D eigenvalue weighted by atomic mass is 9.72. The van der Waals surface area contributed by atoms with Crippen LogP contribution in [0.2, 0.25) is 5.02 Å². The molecule has 0 heterocycles. The van der Waals surface area contributed by atoms with E-state index >= 15 is 0 Å². The second-order valence-corrected chi connectivity index (χ2v) is 13.2. The summed E-state index contributed by atoms with van der Waals surface area (Å²) in [6.45, 7) is 2.29. The van der Waals surface area contributed by atoms with E-state index in [-0.39, 0.29) is 35.6 Å². The van der Waals surface area contributed by atoms with Crippen LogP contribution in [0.1, 0.15) is 148 Å². The van der Waals surface area contributed by atoms with E-state index in [0.717, 1.165) is 64.2 Å². The number of carbonyl (C=O) groups excluding carboxylic acids is 4. The number of ether oxygens (including phenoxy) is 2. The lowest BCUT2D eigenvalue weighted by Gasteiger charge is -2.32. The summed E-state index contributed by atoms with van der Waals surface area (Å²) in [6, 6.07) is 14.8. The lowest BCUT2D eigenvalue weighted by Crippen LogP contribution is -2.30. The molecule has 0 aliphatic heterocycles. The highest BCUT2D eigenvalue weighted by Gasteiger charge is 2.39. The van der Waals surface area contributed by atoms with E-state index in [1.165, 1.54) is 31.2 Å². The Morgan fingerprint density at radius 3 is 1.67 bits per heavy atom. The van der Waals surface area contributed by atoms with Gasteiger partial charge >= 0.3 is 11.9 Å². The van der Waals surface area contributed by atoms with E-state index in [2.05, 4.69) is 12.1 Å². The number of Topliss-reactive ketones (excluding diaryl/α,β-unsaturated/α-hetero) is 2. The van der Waals surface area contributed by atoms with E-state index in [1.54, 1.807) is 24.3 Å². The van der Waals surface area contributed by atoms with Gasteiger partial charge in [0.25, 0.3) is 0 Å². The Morgan fingerprint density at radius 1 is 0.652 bits per heavy atom. The molecule has 0 N–H and O–H groups in total. The Morgan fingerprint density at radius 2 is 1.13 bits per heavy atom. The minimum absolute atomic E-state index is 0.0514. The molecule has 1 saturated carbocycles. The van der Waals surface area contributed by atoms with Gasteiger partial charge in [0.15, 0.2) is 11.5 Å². The van der Waals surface area contributed by atoms with Gasteiger partial charge < -0.3 is 9.47 Å². The molecule has 46 heavy (non-hydrogen) atoms. The fraction of sp³-hybridized carbons (Fsp3) is 0.538. The third-order valence-corrected chi connectivity index (χ3v) is 9.62. The van der Waals surface area contributed by atoms with Gasteiger partial charge in [-0.15, -0.1) is 0 Å². The normalized spacial score (nSPS) is 18.0. The van der Waals surface area contributed by atoms with Gasteiger partial charge in [-0.3, -0.25) is 19.2 Å². The molecule has 0 radical (unpaired) electrons. The van der Waals surface area contributed by atoms with Crippen LogP contribution in [0.15, 0.2) is 59.9 Å². The fourth-order valence-electron chi connectivity index (χ4n) is 6.82. The van der Waals surface area contributed by atoms with Crippen molar-refractivity contribution in [2.45, 2.75) is 122 Å². The number of hydrogen-bond acceptors (Lipinski definition) is 6. The van der Waals surface area contributed by atoms with Crippen molar-refractivity contribution in [3.05, 3.63) is 81.6 Å². The first-order chi connectivity index (χ1) is 22.4. The summed E-state index contributed by atoms with van der Waals surface area (Å²) in [5.41, 5.74) is 2.33. The Labute approximate surface area is 279 Å². The highest BCUT2D eigenvalue weighted by atomic mass is 35.5. The molecule has 2 aromatic carbocycles. The third-order valence-electron chi connectivity index (χ3n) is 9.37. The van der Waals surface area contributed by atoms with Crippen LogP contribution in [0.4, 0.5) is 0 Å². The standard InChI is InChI=1S/C39H49ClO6/c1-2-45-34(41)18-12-10-8-6-4-3-5-7-9-11-13-19-35(42)46-39-36(37(43)32-16-14-15-17-33(32)38(39)44)30-22-20-28(21-23-30)29-24-26-31(40)27-25-29/h14-17,24-28,30H,2-13,18-23H2,1H3. The number of unbranched alkanes of at least 4 members (excludes halogenated alkanes) is 10. The van der Waals surface area contributed by atoms with Crippen LogP contribution < -0.4 is 0 Å². The van der Waals surface area contributed by atoms with Gasteiger partial charge in [-0.1, -0.05) is 106 Å². The van der Waals surface area contributed by atoms with E-state index in [4.69, 9.17) is 21.1 Å². The van der Waals surface area contributed by atoms with Gasteiger partial charge in [-0.05, 0) is 75.0 Å². The first-order valence-corrected chi connectivity index (χ1v) is 17.8. The molecule has 0 unspecified atom stereocenters. The maximum Gasteiger partial charge on any atom is 0.311 e. The van der Waals surface area contributed by atoms with Crippen molar-refractivity contribution >= 4 is 35.1 Å². The minimum atomic E-state index is -0.439. The molecule has 2 aromatic rings. The average molecular weight is 649 g/mol. The van der Waals surface area contributed by atoms with Crippen molar-refractivity contribution in [3.8, 4) is 0 Å². The summed E-state index contributed by atoms with van der Waals surface area (Å²) >= 11 is 6.08. The van der Waals surface area contributed by atoms with Crippen molar-refractivity contribution in [2.24, 2.45) is 5.92 Å². The molecule has 0 aromatic heterocycles. The topological polar surface area (TPSA) is 86.7 Å². The Hall–Kier alpha value is -3.25. The number of carbonyl (C=O) groups is 4. The molecule has 0 bridgehead atoms. The second kappa shape index (κ2) is 18.8. The molecule has 2 aliphatic rings. The molecule has 7 heteroatoms. The number of hydrogen-bond donors (Lipinski definition) is 0. The van der Waals surface area contributed by atoms with Crippen LogP contribution in [0.5, 0.6) is 0 Å². The van der Waals surface area contributed by atoms with Crippen molar-refractivity contribution in [3.63, 3.8) is 0 Å². The predicted octanol–water partition coefficient (Wildman–Crippen LogP) is 10.1. The summed E-state index contributed by atoms with van der Waals surface area (Å²) in [5, 5.41) is 0.710. The van der Waals surface area contributed by atoms with Crippen LogP contribution >= 0.6 is 11.6 Å². The first-order valence-electron chi connectivity index (χ1n) is 17.4. The van der Waals surface area contributed by atoms with Crippen LogP contribution in [-0.2, 0) is 19.1 Å². The number of esters is 2. The number of halogens is 1. The largest absolute Gasteiger partial charge is 0.466 e. The zero-order chi connectivity index (χ0) is 32.7. The molecule has 248 valence electrons. The molecule has 0 amide bonds.